The highest BCUT2D eigenvalue weighted by molar-refractivity contribution is 5.86. The molecular formula is C22H17F3N6. The molecule has 3 rings (SSSR count). The van der Waals surface area contributed by atoms with Crippen LogP contribution in [0, 0.1) is 17.5 Å². The third-order valence-corrected chi connectivity index (χ3v) is 3.72. The number of hydrazone groups is 2. The van der Waals surface area contributed by atoms with Gasteiger partial charge in [0.25, 0.3) is 5.96 Å². The summed E-state index contributed by atoms with van der Waals surface area (Å²) in [5.74, 6) is -1.03. The highest BCUT2D eigenvalue weighted by Crippen LogP contribution is 2.01. The van der Waals surface area contributed by atoms with E-state index in [0.29, 0.717) is 16.7 Å². The Bertz CT molecular complexity index is 1110. The van der Waals surface area contributed by atoms with E-state index in [1.54, 1.807) is 36.4 Å². The van der Waals surface area contributed by atoms with Crippen molar-refractivity contribution >= 4 is 24.6 Å². The molecule has 0 saturated heterocycles. The molecule has 0 unspecified atom stereocenters. The maximum atomic E-state index is 13.3. The van der Waals surface area contributed by atoms with E-state index in [9.17, 15) is 13.2 Å². The zero-order valence-corrected chi connectivity index (χ0v) is 16.1. The van der Waals surface area contributed by atoms with Crippen LogP contribution in [0.2, 0.25) is 0 Å². The summed E-state index contributed by atoms with van der Waals surface area (Å²) in [5, 5.41) is 15.8. The largest absolute Gasteiger partial charge is 0.257 e. The first-order valence-corrected chi connectivity index (χ1v) is 9.04. The van der Waals surface area contributed by atoms with E-state index in [1.165, 1.54) is 55.0 Å². The third-order valence-electron chi connectivity index (χ3n) is 3.72. The monoisotopic (exact) mass is 422 g/mol. The van der Waals surface area contributed by atoms with Gasteiger partial charge in [-0.2, -0.15) is 15.3 Å². The summed E-state index contributed by atoms with van der Waals surface area (Å²) >= 11 is 0. The van der Waals surface area contributed by atoms with E-state index in [-0.39, 0.29) is 23.4 Å². The SMILES string of the molecule is Fc1ccc(C=NN=C(NN=Cc2ccc(F)cc2)NN=Cc2cccc(F)c2)cc1. The standard InChI is InChI=1S/C22H17F3N6/c23-19-8-4-16(5-9-19)13-26-29-22(30-27-14-17-6-10-20(24)11-7-17)31-28-15-18-2-1-3-21(25)12-18/h1-15H,(H2,29,30,31). The predicted molar refractivity (Wildman–Crippen MR) is 116 cm³/mol. The van der Waals surface area contributed by atoms with Crippen LogP contribution in [0.3, 0.4) is 0 Å². The van der Waals surface area contributed by atoms with Gasteiger partial charge >= 0.3 is 0 Å². The van der Waals surface area contributed by atoms with E-state index in [2.05, 4.69) is 31.3 Å². The zero-order valence-electron chi connectivity index (χ0n) is 16.1. The van der Waals surface area contributed by atoms with Crippen LogP contribution >= 0.6 is 0 Å². The Balaban J connectivity index is 1.70. The van der Waals surface area contributed by atoms with Crippen molar-refractivity contribution in [1.82, 2.24) is 10.9 Å². The lowest BCUT2D eigenvalue weighted by Crippen LogP contribution is -2.30. The van der Waals surface area contributed by atoms with Gasteiger partial charge in [-0.1, -0.05) is 36.4 Å². The average molecular weight is 422 g/mol. The molecule has 0 aliphatic rings. The molecule has 31 heavy (non-hydrogen) atoms. The molecule has 9 heteroatoms. The summed E-state index contributed by atoms with van der Waals surface area (Å²) < 4.78 is 39.2. The molecule has 0 heterocycles. The second-order valence-corrected chi connectivity index (χ2v) is 6.09. The molecule has 0 atom stereocenters. The Kier molecular flexibility index (Phi) is 7.64. The summed E-state index contributed by atoms with van der Waals surface area (Å²) in [6.07, 6.45) is 4.27. The van der Waals surface area contributed by atoms with Crippen LogP contribution in [0.4, 0.5) is 13.2 Å². The summed E-state index contributed by atoms with van der Waals surface area (Å²) in [4.78, 5) is 0. The molecule has 0 radical (unpaired) electrons. The molecule has 0 aromatic heterocycles. The second kappa shape index (κ2) is 11.1. The van der Waals surface area contributed by atoms with Gasteiger partial charge in [0.05, 0.1) is 18.6 Å². The molecule has 0 aliphatic carbocycles. The second-order valence-electron chi connectivity index (χ2n) is 6.09. The Morgan fingerprint density at radius 2 is 1.16 bits per heavy atom. The molecule has 0 saturated carbocycles. The average Bonchev–Trinajstić information content (AvgIpc) is 2.76. The Labute approximate surface area is 176 Å². The van der Waals surface area contributed by atoms with Crippen LogP contribution in [0.25, 0.3) is 0 Å². The van der Waals surface area contributed by atoms with Gasteiger partial charge in [-0.05, 0) is 53.1 Å². The Morgan fingerprint density at radius 3 is 1.74 bits per heavy atom. The van der Waals surface area contributed by atoms with Gasteiger partial charge in [0.15, 0.2) is 0 Å². The van der Waals surface area contributed by atoms with Crippen molar-refractivity contribution in [1.29, 1.82) is 0 Å². The van der Waals surface area contributed by atoms with E-state index >= 15 is 0 Å². The number of rotatable bonds is 6. The van der Waals surface area contributed by atoms with Crippen LogP contribution in [0.1, 0.15) is 16.7 Å². The van der Waals surface area contributed by atoms with Crippen molar-refractivity contribution in [3.63, 3.8) is 0 Å². The van der Waals surface area contributed by atoms with Crippen LogP contribution in [-0.4, -0.2) is 24.6 Å². The Hall–Kier alpha value is -4.27. The highest BCUT2D eigenvalue weighted by atomic mass is 19.1. The maximum Gasteiger partial charge on any atom is 0.257 e. The number of halogens is 3. The van der Waals surface area contributed by atoms with Crippen LogP contribution in [-0.2, 0) is 0 Å². The molecule has 0 fully saturated rings. The number of hydrogen-bond acceptors (Lipinski definition) is 4. The highest BCUT2D eigenvalue weighted by Gasteiger charge is 1.96. The number of guanidine groups is 1. The van der Waals surface area contributed by atoms with Crippen LogP contribution in [0.15, 0.2) is 93.2 Å². The molecule has 0 spiro atoms. The van der Waals surface area contributed by atoms with E-state index in [4.69, 9.17) is 0 Å². The van der Waals surface area contributed by atoms with Gasteiger partial charge in [0.1, 0.15) is 17.5 Å². The van der Waals surface area contributed by atoms with E-state index in [1.807, 2.05) is 0 Å². The summed E-state index contributed by atoms with van der Waals surface area (Å²) in [6.45, 7) is 0. The molecule has 0 aliphatic heterocycles. The van der Waals surface area contributed by atoms with Crippen molar-refractivity contribution < 1.29 is 13.2 Å². The zero-order chi connectivity index (χ0) is 21.9. The smallest absolute Gasteiger partial charge is 0.244 e. The number of benzene rings is 3. The lowest BCUT2D eigenvalue weighted by atomic mass is 10.2. The number of hydrogen-bond donors (Lipinski definition) is 2. The molecular weight excluding hydrogens is 405 g/mol. The minimum Gasteiger partial charge on any atom is -0.244 e. The summed E-state index contributed by atoms with van der Waals surface area (Å²) in [7, 11) is 0. The van der Waals surface area contributed by atoms with Crippen molar-refractivity contribution in [3.05, 3.63) is 107 Å². The van der Waals surface area contributed by atoms with Crippen LogP contribution < -0.4 is 10.9 Å². The minimum atomic E-state index is -0.385. The molecule has 2 N–H and O–H groups in total. The predicted octanol–water partition coefficient (Wildman–Crippen LogP) is 4.04. The molecule has 156 valence electrons. The summed E-state index contributed by atoms with van der Waals surface area (Å²) in [6, 6.07) is 17.3. The number of nitrogens with one attached hydrogen (secondary N) is 2. The van der Waals surface area contributed by atoms with Gasteiger partial charge in [-0.15, -0.1) is 5.10 Å². The fourth-order valence-corrected chi connectivity index (χ4v) is 2.24. The molecule has 3 aromatic rings. The third kappa shape index (κ3) is 7.58. The fraction of sp³-hybridized carbons (Fsp3) is 0. The Morgan fingerprint density at radius 1 is 0.613 bits per heavy atom. The van der Waals surface area contributed by atoms with Crippen molar-refractivity contribution in [2.24, 2.45) is 20.4 Å². The lowest BCUT2D eigenvalue weighted by Gasteiger charge is -2.02. The number of nitrogens with zero attached hydrogens (tertiary/aromatic N) is 4. The van der Waals surface area contributed by atoms with Gasteiger partial charge in [0, 0.05) is 0 Å². The first kappa shape index (κ1) is 21.4. The van der Waals surface area contributed by atoms with Crippen molar-refractivity contribution in [2.75, 3.05) is 0 Å². The topological polar surface area (TPSA) is 73.5 Å². The van der Waals surface area contributed by atoms with Crippen LogP contribution in [0.5, 0.6) is 0 Å². The summed E-state index contributed by atoms with van der Waals surface area (Å²) in [5.41, 5.74) is 7.08. The van der Waals surface area contributed by atoms with Gasteiger partial charge < -0.3 is 0 Å². The lowest BCUT2D eigenvalue weighted by molar-refractivity contribution is 0.627. The van der Waals surface area contributed by atoms with Crippen molar-refractivity contribution in [3.8, 4) is 0 Å². The molecule has 0 amide bonds. The maximum absolute atomic E-state index is 13.3. The first-order valence-electron chi connectivity index (χ1n) is 9.04. The van der Waals surface area contributed by atoms with Gasteiger partial charge in [0.2, 0.25) is 0 Å². The molecule has 3 aromatic carbocycles. The fourth-order valence-electron chi connectivity index (χ4n) is 2.24. The van der Waals surface area contributed by atoms with E-state index < -0.39 is 0 Å². The molecule has 0 bridgehead atoms. The van der Waals surface area contributed by atoms with Gasteiger partial charge in [-0.3, -0.25) is 0 Å². The van der Waals surface area contributed by atoms with Crippen molar-refractivity contribution in [2.45, 2.75) is 0 Å². The van der Waals surface area contributed by atoms with Gasteiger partial charge in [-0.25, -0.2) is 24.0 Å². The van der Waals surface area contributed by atoms with E-state index in [0.717, 1.165) is 0 Å². The molecule has 6 nitrogen and oxygen atoms in total. The quantitative estimate of drug-likeness (QED) is 0.358. The minimum absolute atomic E-state index is 0.0596. The first-order chi connectivity index (χ1) is 15.1. The normalized spacial score (nSPS) is 12.2.